The van der Waals surface area contributed by atoms with Gasteiger partial charge in [-0.15, -0.1) is 6.58 Å². The molecular formula is C9H18N2. The quantitative estimate of drug-likeness (QED) is 0.373. The average molecular weight is 154 g/mol. The minimum atomic E-state index is 0.339. The molecule has 1 atom stereocenters. The van der Waals surface area contributed by atoms with Crippen LogP contribution in [0, 0.1) is 5.92 Å². The van der Waals surface area contributed by atoms with Gasteiger partial charge < -0.3 is 5.32 Å². The van der Waals surface area contributed by atoms with E-state index in [1.54, 1.807) is 7.05 Å². The smallest absolute Gasteiger partial charge is 0.103 e. The van der Waals surface area contributed by atoms with E-state index in [2.05, 4.69) is 30.7 Å². The van der Waals surface area contributed by atoms with Crippen LogP contribution in [0.15, 0.2) is 17.6 Å². The van der Waals surface area contributed by atoms with Crippen molar-refractivity contribution in [2.45, 2.75) is 20.3 Å². The number of hydrogen-bond acceptors (Lipinski definition) is 1. The van der Waals surface area contributed by atoms with E-state index in [4.69, 9.17) is 0 Å². The molecule has 0 fully saturated rings. The first-order chi connectivity index (χ1) is 5.26. The summed E-state index contributed by atoms with van der Waals surface area (Å²) in [5.41, 5.74) is 0. The highest BCUT2D eigenvalue weighted by molar-refractivity contribution is 5.85. The Bertz CT molecular complexity index is 138. The van der Waals surface area contributed by atoms with Gasteiger partial charge in [-0.05, 0) is 6.42 Å². The average Bonchev–Trinajstić information content (AvgIpc) is 2.05. The van der Waals surface area contributed by atoms with Gasteiger partial charge in [0, 0.05) is 19.5 Å². The van der Waals surface area contributed by atoms with Gasteiger partial charge in [-0.2, -0.15) is 0 Å². The van der Waals surface area contributed by atoms with E-state index < -0.39 is 0 Å². The Balaban J connectivity index is 3.86. The third kappa shape index (κ3) is 3.81. The van der Waals surface area contributed by atoms with Gasteiger partial charge >= 0.3 is 0 Å². The Kier molecular flexibility index (Phi) is 5.53. The highest BCUT2D eigenvalue weighted by Crippen LogP contribution is 1.96. The summed E-state index contributed by atoms with van der Waals surface area (Å²) >= 11 is 0. The first-order valence-electron chi connectivity index (χ1n) is 4.09. The van der Waals surface area contributed by atoms with Gasteiger partial charge in [0.05, 0.1) is 0 Å². The van der Waals surface area contributed by atoms with Crippen molar-refractivity contribution in [1.82, 2.24) is 5.32 Å². The molecule has 0 aliphatic rings. The second-order valence-corrected chi connectivity index (χ2v) is 2.56. The summed E-state index contributed by atoms with van der Waals surface area (Å²) in [4.78, 5) is 4.13. The van der Waals surface area contributed by atoms with Crippen LogP contribution in [0.2, 0.25) is 0 Å². The summed E-state index contributed by atoms with van der Waals surface area (Å²) in [6.07, 6.45) is 3.02. The van der Waals surface area contributed by atoms with E-state index >= 15 is 0 Å². The summed E-state index contributed by atoms with van der Waals surface area (Å²) < 4.78 is 0. The third-order valence-electron chi connectivity index (χ3n) is 1.58. The molecule has 0 bridgehead atoms. The molecular weight excluding hydrogens is 136 g/mol. The lowest BCUT2D eigenvalue weighted by Crippen LogP contribution is -2.29. The van der Waals surface area contributed by atoms with Gasteiger partial charge in [0.25, 0.3) is 0 Å². The molecule has 0 saturated carbocycles. The highest BCUT2D eigenvalue weighted by atomic mass is 15.0. The van der Waals surface area contributed by atoms with Crippen molar-refractivity contribution < 1.29 is 0 Å². The summed E-state index contributed by atoms with van der Waals surface area (Å²) in [6.45, 7) is 8.93. The van der Waals surface area contributed by atoms with Crippen LogP contribution in [0.4, 0.5) is 0 Å². The largest absolute Gasteiger partial charge is 0.373 e. The summed E-state index contributed by atoms with van der Waals surface area (Å²) in [6, 6.07) is 0. The minimum Gasteiger partial charge on any atom is -0.373 e. The zero-order chi connectivity index (χ0) is 8.69. The SMILES string of the molecule is C=CC(C)C(=NC)NCCC. The number of amidine groups is 1. The summed E-state index contributed by atoms with van der Waals surface area (Å²) in [5.74, 6) is 1.37. The van der Waals surface area contributed by atoms with Gasteiger partial charge in [-0.1, -0.05) is 19.9 Å². The molecule has 1 N–H and O–H groups in total. The molecule has 0 radical (unpaired) electrons. The number of aliphatic imine (C=N–C) groups is 1. The van der Waals surface area contributed by atoms with E-state index in [0.29, 0.717) is 5.92 Å². The monoisotopic (exact) mass is 154 g/mol. The molecule has 0 aliphatic carbocycles. The van der Waals surface area contributed by atoms with Crippen molar-refractivity contribution in [2.75, 3.05) is 13.6 Å². The Labute approximate surface area is 69.4 Å². The molecule has 0 heterocycles. The first-order valence-corrected chi connectivity index (χ1v) is 4.09. The lowest BCUT2D eigenvalue weighted by molar-refractivity contribution is 0.795. The molecule has 11 heavy (non-hydrogen) atoms. The van der Waals surface area contributed by atoms with Crippen LogP contribution in [0.25, 0.3) is 0 Å². The van der Waals surface area contributed by atoms with Crippen molar-refractivity contribution in [3.63, 3.8) is 0 Å². The fourth-order valence-corrected chi connectivity index (χ4v) is 0.808. The van der Waals surface area contributed by atoms with Gasteiger partial charge in [0.15, 0.2) is 0 Å². The number of hydrogen-bond donors (Lipinski definition) is 1. The number of nitrogens with one attached hydrogen (secondary N) is 1. The first kappa shape index (κ1) is 10.2. The Morgan fingerprint density at radius 3 is 2.73 bits per heavy atom. The predicted molar refractivity (Wildman–Crippen MR) is 51.0 cm³/mol. The normalized spacial score (nSPS) is 14.3. The third-order valence-corrected chi connectivity index (χ3v) is 1.58. The highest BCUT2D eigenvalue weighted by Gasteiger charge is 2.02. The van der Waals surface area contributed by atoms with Crippen LogP contribution in [0.5, 0.6) is 0 Å². The van der Waals surface area contributed by atoms with Gasteiger partial charge in [0.1, 0.15) is 5.84 Å². The number of nitrogens with zero attached hydrogens (tertiary/aromatic N) is 1. The molecule has 1 unspecified atom stereocenters. The summed E-state index contributed by atoms with van der Waals surface area (Å²) in [7, 11) is 1.80. The molecule has 0 spiro atoms. The standard InChI is InChI=1S/C9H18N2/c1-5-7-11-9(10-4)8(3)6-2/h6,8H,2,5,7H2,1,3-4H3,(H,10,11). The molecule has 0 rings (SSSR count). The van der Waals surface area contributed by atoms with E-state index in [-0.39, 0.29) is 0 Å². The maximum atomic E-state index is 4.13. The number of rotatable bonds is 4. The van der Waals surface area contributed by atoms with Crippen LogP contribution >= 0.6 is 0 Å². The second kappa shape index (κ2) is 5.96. The topological polar surface area (TPSA) is 24.4 Å². The fourth-order valence-electron chi connectivity index (χ4n) is 0.808. The van der Waals surface area contributed by atoms with Crippen LogP contribution in [-0.2, 0) is 0 Å². The van der Waals surface area contributed by atoms with Crippen molar-refractivity contribution in [2.24, 2.45) is 10.9 Å². The van der Waals surface area contributed by atoms with Crippen LogP contribution < -0.4 is 5.32 Å². The van der Waals surface area contributed by atoms with E-state index in [9.17, 15) is 0 Å². The van der Waals surface area contributed by atoms with E-state index in [1.807, 2.05) is 6.08 Å². The van der Waals surface area contributed by atoms with E-state index in [1.165, 1.54) is 0 Å². The van der Waals surface area contributed by atoms with E-state index in [0.717, 1.165) is 18.8 Å². The zero-order valence-corrected chi connectivity index (χ0v) is 7.72. The molecule has 0 amide bonds. The molecule has 0 aromatic heterocycles. The molecule has 0 saturated heterocycles. The predicted octanol–water partition coefficient (Wildman–Crippen LogP) is 1.84. The molecule has 0 aliphatic heterocycles. The van der Waals surface area contributed by atoms with Crippen molar-refractivity contribution in [3.8, 4) is 0 Å². The van der Waals surface area contributed by atoms with Gasteiger partial charge in [-0.25, -0.2) is 0 Å². The maximum absolute atomic E-state index is 4.13. The van der Waals surface area contributed by atoms with Crippen LogP contribution in [0.3, 0.4) is 0 Å². The van der Waals surface area contributed by atoms with Gasteiger partial charge in [0.2, 0.25) is 0 Å². The van der Waals surface area contributed by atoms with Crippen molar-refractivity contribution in [1.29, 1.82) is 0 Å². The van der Waals surface area contributed by atoms with Crippen molar-refractivity contribution >= 4 is 5.84 Å². The Morgan fingerprint density at radius 1 is 1.73 bits per heavy atom. The fraction of sp³-hybridized carbons (Fsp3) is 0.667. The lowest BCUT2D eigenvalue weighted by Gasteiger charge is -2.11. The second-order valence-electron chi connectivity index (χ2n) is 2.56. The molecule has 0 aromatic rings. The van der Waals surface area contributed by atoms with Crippen molar-refractivity contribution in [3.05, 3.63) is 12.7 Å². The van der Waals surface area contributed by atoms with Crippen LogP contribution in [0.1, 0.15) is 20.3 Å². The molecule has 0 aromatic carbocycles. The molecule has 2 nitrogen and oxygen atoms in total. The zero-order valence-electron chi connectivity index (χ0n) is 7.72. The Morgan fingerprint density at radius 2 is 2.36 bits per heavy atom. The lowest BCUT2D eigenvalue weighted by atomic mass is 10.1. The molecule has 64 valence electrons. The van der Waals surface area contributed by atoms with Gasteiger partial charge in [-0.3, -0.25) is 4.99 Å². The Hall–Kier alpha value is -0.790. The minimum absolute atomic E-state index is 0.339. The van der Waals surface area contributed by atoms with Crippen LogP contribution in [-0.4, -0.2) is 19.4 Å². The summed E-state index contributed by atoms with van der Waals surface area (Å²) in [5, 5.41) is 3.25. The maximum Gasteiger partial charge on any atom is 0.103 e. The molecule has 2 heteroatoms.